The molecule has 0 atom stereocenters. The summed E-state index contributed by atoms with van der Waals surface area (Å²) in [5, 5.41) is 5.94. The summed E-state index contributed by atoms with van der Waals surface area (Å²) in [6, 6.07) is 7.27. The summed E-state index contributed by atoms with van der Waals surface area (Å²) in [7, 11) is 0. The second-order valence-corrected chi connectivity index (χ2v) is 10.1. The highest BCUT2D eigenvalue weighted by Gasteiger charge is 2.15. The maximum atomic E-state index is 12.1. The average molecular weight is 601 g/mol. The lowest BCUT2D eigenvalue weighted by Crippen LogP contribution is -2.34. The SMILES string of the molecule is CCCCNc1ccc(C(=O)OCCOCCOCCOCCOCCOCCOCCNC(=O)OC(C)(C)C)cc1. The smallest absolute Gasteiger partial charge is 0.407 e. The first kappa shape index (κ1) is 37.5. The van der Waals surface area contributed by atoms with E-state index in [1.165, 1.54) is 0 Å². The van der Waals surface area contributed by atoms with Crippen molar-refractivity contribution < 1.29 is 47.5 Å². The second kappa shape index (κ2) is 25.1. The highest BCUT2D eigenvalue weighted by Crippen LogP contribution is 2.11. The normalized spacial score (nSPS) is 11.3. The molecule has 0 radical (unpaired) electrons. The highest BCUT2D eigenvalue weighted by atomic mass is 16.6. The maximum absolute atomic E-state index is 12.1. The molecule has 12 nitrogen and oxygen atoms in total. The highest BCUT2D eigenvalue weighted by molar-refractivity contribution is 5.89. The Hall–Kier alpha value is -2.48. The fourth-order valence-corrected chi connectivity index (χ4v) is 3.15. The lowest BCUT2D eigenvalue weighted by Gasteiger charge is -2.19. The van der Waals surface area contributed by atoms with E-state index in [4.69, 9.17) is 37.9 Å². The van der Waals surface area contributed by atoms with Crippen LogP contribution in [0.2, 0.25) is 0 Å². The lowest BCUT2D eigenvalue weighted by atomic mass is 10.2. The summed E-state index contributed by atoms with van der Waals surface area (Å²) in [5.74, 6) is -0.364. The Kier molecular flexibility index (Phi) is 22.4. The number of amides is 1. The van der Waals surface area contributed by atoms with Crippen LogP contribution in [-0.4, -0.2) is 117 Å². The number of hydrogen-bond acceptors (Lipinski definition) is 11. The second-order valence-electron chi connectivity index (χ2n) is 10.1. The molecular formula is C30H52N2O10. The molecule has 0 saturated heterocycles. The Bertz CT molecular complexity index is 802. The number of rotatable bonds is 26. The Morgan fingerprint density at radius 3 is 1.55 bits per heavy atom. The molecular weight excluding hydrogens is 548 g/mol. The number of unbranched alkanes of at least 4 members (excludes halogenated alkanes) is 1. The van der Waals surface area contributed by atoms with Crippen molar-refractivity contribution in [2.75, 3.05) is 104 Å². The Morgan fingerprint density at radius 1 is 0.643 bits per heavy atom. The molecule has 0 spiro atoms. The van der Waals surface area contributed by atoms with Crippen molar-refractivity contribution in [3.8, 4) is 0 Å². The van der Waals surface area contributed by atoms with E-state index in [-0.39, 0.29) is 12.6 Å². The summed E-state index contributed by atoms with van der Waals surface area (Å²) in [6.45, 7) is 14.3. The van der Waals surface area contributed by atoms with Crippen LogP contribution in [-0.2, 0) is 37.9 Å². The first-order chi connectivity index (χ1) is 20.3. The molecule has 1 rings (SSSR count). The predicted molar refractivity (Wildman–Crippen MR) is 159 cm³/mol. The minimum absolute atomic E-state index is 0.187. The molecule has 0 aliphatic carbocycles. The molecule has 242 valence electrons. The molecule has 12 heteroatoms. The van der Waals surface area contributed by atoms with Gasteiger partial charge >= 0.3 is 12.1 Å². The fraction of sp³-hybridized carbons (Fsp3) is 0.733. The van der Waals surface area contributed by atoms with Crippen LogP contribution in [0.3, 0.4) is 0 Å². The first-order valence-electron chi connectivity index (χ1n) is 14.8. The minimum Gasteiger partial charge on any atom is -0.460 e. The monoisotopic (exact) mass is 600 g/mol. The fourth-order valence-electron chi connectivity index (χ4n) is 3.15. The van der Waals surface area contributed by atoms with Crippen LogP contribution >= 0.6 is 0 Å². The van der Waals surface area contributed by atoms with Crippen LogP contribution in [0.4, 0.5) is 10.5 Å². The van der Waals surface area contributed by atoms with Crippen molar-refractivity contribution in [2.45, 2.75) is 46.1 Å². The van der Waals surface area contributed by atoms with Crippen LogP contribution in [0.5, 0.6) is 0 Å². The molecule has 0 aliphatic heterocycles. The van der Waals surface area contributed by atoms with E-state index in [0.29, 0.717) is 91.4 Å². The number of ether oxygens (including phenoxy) is 8. The number of nitrogens with one attached hydrogen (secondary N) is 2. The van der Waals surface area contributed by atoms with E-state index in [9.17, 15) is 9.59 Å². The van der Waals surface area contributed by atoms with Crippen LogP contribution in [0.15, 0.2) is 24.3 Å². The van der Waals surface area contributed by atoms with Gasteiger partial charge in [0.2, 0.25) is 0 Å². The average Bonchev–Trinajstić information content (AvgIpc) is 2.95. The topological polar surface area (TPSA) is 132 Å². The van der Waals surface area contributed by atoms with Crippen LogP contribution < -0.4 is 10.6 Å². The number of carbonyl (C=O) groups excluding carboxylic acids is 2. The van der Waals surface area contributed by atoms with E-state index in [0.717, 1.165) is 25.1 Å². The van der Waals surface area contributed by atoms with Gasteiger partial charge in [-0.3, -0.25) is 0 Å². The van der Waals surface area contributed by atoms with Gasteiger partial charge in [0, 0.05) is 18.8 Å². The number of hydrogen-bond donors (Lipinski definition) is 2. The van der Waals surface area contributed by atoms with Crippen molar-refractivity contribution >= 4 is 17.7 Å². The van der Waals surface area contributed by atoms with Gasteiger partial charge in [-0.2, -0.15) is 0 Å². The summed E-state index contributed by atoms with van der Waals surface area (Å²) in [5.41, 5.74) is 0.995. The quantitative estimate of drug-likeness (QED) is 0.119. The number of esters is 1. The van der Waals surface area contributed by atoms with Crippen LogP contribution in [0.1, 0.15) is 50.9 Å². The number of carbonyl (C=O) groups is 2. The molecule has 1 aromatic rings. The third kappa shape index (κ3) is 23.1. The van der Waals surface area contributed by atoms with Crippen molar-refractivity contribution in [2.24, 2.45) is 0 Å². The van der Waals surface area contributed by atoms with E-state index in [1.807, 2.05) is 32.9 Å². The Morgan fingerprint density at radius 2 is 1.10 bits per heavy atom. The molecule has 0 bridgehead atoms. The molecule has 0 unspecified atom stereocenters. The number of anilines is 1. The van der Waals surface area contributed by atoms with E-state index >= 15 is 0 Å². The summed E-state index contributed by atoms with van der Waals surface area (Å²) in [6.07, 6.45) is 1.79. The first-order valence-corrected chi connectivity index (χ1v) is 14.8. The molecule has 0 aromatic heterocycles. The molecule has 2 N–H and O–H groups in total. The van der Waals surface area contributed by atoms with E-state index in [2.05, 4.69) is 17.6 Å². The van der Waals surface area contributed by atoms with E-state index in [1.54, 1.807) is 12.1 Å². The largest absolute Gasteiger partial charge is 0.460 e. The molecule has 0 fully saturated rings. The Balaban J connectivity index is 1.78. The third-order valence-corrected chi connectivity index (χ3v) is 5.22. The predicted octanol–water partition coefficient (Wildman–Crippen LogP) is 3.68. The van der Waals surface area contributed by atoms with E-state index < -0.39 is 11.7 Å². The van der Waals surface area contributed by atoms with Gasteiger partial charge in [-0.25, -0.2) is 9.59 Å². The molecule has 0 heterocycles. The maximum Gasteiger partial charge on any atom is 0.407 e. The zero-order valence-electron chi connectivity index (χ0n) is 25.9. The van der Waals surface area contributed by atoms with Gasteiger partial charge in [0.05, 0.1) is 84.8 Å². The zero-order valence-corrected chi connectivity index (χ0v) is 25.9. The molecule has 1 amide bonds. The lowest BCUT2D eigenvalue weighted by molar-refractivity contribution is -0.0193. The van der Waals surface area contributed by atoms with Crippen molar-refractivity contribution in [1.29, 1.82) is 0 Å². The van der Waals surface area contributed by atoms with Gasteiger partial charge < -0.3 is 48.5 Å². The van der Waals surface area contributed by atoms with Gasteiger partial charge in [-0.1, -0.05) is 13.3 Å². The summed E-state index contributed by atoms with van der Waals surface area (Å²) >= 11 is 0. The van der Waals surface area contributed by atoms with Crippen LogP contribution in [0, 0.1) is 0 Å². The third-order valence-electron chi connectivity index (χ3n) is 5.22. The van der Waals surface area contributed by atoms with Gasteiger partial charge in [0.25, 0.3) is 0 Å². The standard InChI is InChI=1S/C30H52N2O10/c1-5-6-11-31-27-9-7-26(8-10-27)28(33)41-25-24-40-23-22-39-21-20-38-19-18-37-17-16-36-15-14-35-13-12-32-29(34)42-30(2,3)4/h7-10,31H,5-6,11-25H2,1-4H3,(H,32,34). The summed E-state index contributed by atoms with van der Waals surface area (Å²) in [4.78, 5) is 23.6. The Labute approximate surface area is 251 Å². The van der Waals surface area contributed by atoms with Gasteiger partial charge in [0.1, 0.15) is 12.2 Å². The zero-order chi connectivity index (χ0) is 30.7. The van der Waals surface area contributed by atoms with Crippen molar-refractivity contribution in [3.05, 3.63) is 29.8 Å². The van der Waals surface area contributed by atoms with Gasteiger partial charge in [-0.05, 0) is 51.5 Å². The molecule has 0 aliphatic rings. The molecule has 0 saturated carbocycles. The number of alkyl carbamates (subject to hydrolysis) is 1. The van der Waals surface area contributed by atoms with Crippen molar-refractivity contribution in [1.82, 2.24) is 5.32 Å². The molecule has 42 heavy (non-hydrogen) atoms. The number of benzene rings is 1. The molecule has 1 aromatic carbocycles. The van der Waals surface area contributed by atoms with Crippen molar-refractivity contribution in [3.63, 3.8) is 0 Å². The van der Waals surface area contributed by atoms with Gasteiger partial charge in [0.15, 0.2) is 0 Å². The van der Waals surface area contributed by atoms with Crippen LogP contribution in [0.25, 0.3) is 0 Å². The minimum atomic E-state index is -0.513. The van der Waals surface area contributed by atoms with Gasteiger partial charge in [-0.15, -0.1) is 0 Å². The summed E-state index contributed by atoms with van der Waals surface area (Å²) < 4.78 is 42.9.